The van der Waals surface area contributed by atoms with E-state index in [-0.39, 0.29) is 17.3 Å². The molecule has 0 amide bonds. The summed E-state index contributed by atoms with van der Waals surface area (Å²) in [6, 6.07) is 2.27. The van der Waals surface area contributed by atoms with E-state index in [0.29, 0.717) is 28.2 Å². The Kier molecular flexibility index (Phi) is 6.32. The summed E-state index contributed by atoms with van der Waals surface area (Å²) in [6.07, 6.45) is -0.598. The SMILES string of the molecule is CCSc1cc(OCS(C)=O)cnc1-c1cn2cnc(C(F)(F)C(F)(F)F)cc2n1. The number of fused-ring (bicyclic) bond motifs is 1. The van der Waals surface area contributed by atoms with Crippen LogP contribution in [0, 0.1) is 0 Å². The largest absolute Gasteiger partial charge is 0.479 e. The van der Waals surface area contributed by atoms with E-state index in [2.05, 4.69) is 15.0 Å². The number of aromatic nitrogens is 4. The van der Waals surface area contributed by atoms with Crippen molar-refractivity contribution in [1.29, 1.82) is 0 Å². The van der Waals surface area contributed by atoms with Crippen LogP contribution in [0.4, 0.5) is 22.0 Å². The van der Waals surface area contributed by atoms with E-state index < -0.39 is 28.6 Å². The predicted octanol–water partition coefficient (Wildman–Crippen LogP) is 4.27. The van der Waals surface area contributed by atoms with E-state index >= 15 is 0 Å². The summed E-state index contributed by atoms with van der Waals surface area (Å²) in [6.45, 7) is 1.90. The van der Waals surface area contributed by atoms with Gasteiger partial charge in [0, 0.05) is 23.4 Å². The molecule has 3 aromatic heterocycles. The monoisotopic (exact) mass is 466 g/mol. The Bertz CT molecular complexity index is 1090. The maximum absolute atomic E-state index is 13.6. The zero-order valence-corrected chi connectivity index (χ0v) is 17.2. The van der Waals surface area contributed by atoms with Gasteiger partial charge in [-0.3, -0.25) is 8.61 Å². The van der Waals surface area contributed by atoms with Gasteiger partial charge in [-0.2, -0.15) is 22.0 Å². The van der Waals surface area contributed by atoms with Crippen LogP contribution in [-0.4, -0.2) is 47.7 Å². The zero-order valence-electron chi connectivity index (χ0n) is 15.6. The molecule has 0 aromatic carbocycles. The fraction of sp³-hybridized carbons (Fsp3) is 0.353. The van der Waals surface area contributed by atoms with Crippen LogP contribution < -0.4 is 4.74 Å². The van der Waals surface area contributed by atoms with Crippen LogP contribution in [0.15, 0.2) is 35.7 Å². The number of nitrogens with zero attached hydrogens (tertiary/aromatic N) is 4. The molecule has 1 unspecified atom stereocenters. The Hall–Kier alpha value is -2.28. The fourth-order valence-electron chi connectivity index (χ4n) is 2.44. The second kappa shape index (κ2) is 8.46. The molecule has 3 rings (SSSR count). The molecular formula is C17H15F5N4O2S2. The second-order valence-corrected chi connectivity index (χ2v) is 8.71. The lowest BCUT2D eigenvalue weighted by Gasteiger charge is -2.18. The number of rotatable bonds is 7. The van der Waals surface area contributed by atoms with Gasteiger partial charge in [-0.15, -0.1) is 11.8 Å². The average Bonchev–Trinajstić information content (AvgIpc) is 3.08. The summed E-state index contributed by atoms with van der Waals surface area (Å²) < 4.78 is 82.8. The minimum absolute atomic E-state index is 0.00646. The second-order valence-electron chi connectivity index (χ2n) is 6.02. The van der Waals surface area contributed by atoms with Gasteiger partial charge in [0.1, 0.15) is 34.8 Å². The summed E-state index contributed by atoms with van der Waals surface area (Å²) in [5, 5.41) is 0. The van der Waals surface area contributed by atoms with Crippen LogP contribution in [0.1, 0.15) is 12.6 Å². The van der Waals surface area contributed by atoms with Crippen LogP contribution in [0.3, 0.4) is 0 Å². The van der Waals surface area contributed by atoms with Gasteiger partial charge in [0.05, 0.1) is 17.0 Å². The maximum atomic E-state index is 13.6. The normalized spacial score (nSPS) is 13.6. The van der Waals surface area contributed by atoms with Crippen molar-refractivity contribution in [2.45, 2.75) is 23.9 Å². The molecule has 30 heavy (non-hydrogen) atoms. The number of thioether (sulfide) groups is 1. The molecule has 0 aliphatic heterocycles. The summed E-state index contributed by atoms with van der Waals surface area (Å²) in [4.78, 5) is 12.3. The molecule has 6 nitrogen and oxygen atoms in total. The first-order chi connectivity index (χ1) is 14.0. The molecule has 162 valence electrons. The summed E-state index contributed by atoms with van der Waals surface area (Å²) in [5.41, 5.74) is -0.896. The quantitative estimate of drug-likeness (QED) is 0.383. The predicted molar refractivity (Wildman–Crippen MR) is 102 cm³/mol. The summed E-state index contributed by atoms with van der Waals surface area (Å²) in [5.74, 6) is -4.04. The van der Waals surface area contributed by atoms with Crippen molar-refractivity contribution in [2.75, 3.05) is 17.9 Å². The number of alkyl halides is 5. The molecule has 13 heteroatoms. The zero-order chi connectivity index (χ0) is 22.1. The number of ether oxygens (including phenoxy) is 1. The van der Waals surface area contributed by atoms with Gasteiger partial charge in [-0.05, 0) is 11.8 Å². The molecule has 0 saturated heterocycles. The van der Waals surface area contributed by atoms with Crippen molar-refractivity contribution in [2.24, 2.45) is 0 Å². The number of halogens is 5. The van der Waals surface area contributed by atoms with Crippen LogP contribution in [0.25, 0.3) is 17.0 Å². The molecule has 0 N–H and O–H groups in total. The van der Waals surface area contributed by atoms with Crippen LogP contribution >= 0.6 is 11.8 Å². The van der Waals surface area contributed by atoms with Gasteiger partial charge in [0.25, 0.3) is 0 Å². The number of pyridine rings is 1. The molecule has 0 saturated carbocycles. The van der Waals surface area contributed by atoms with E-state index in [1.54, 1.807) is 6.07 Å². The Morgan fingerprint density at radius 3 is 2.57 bits per heavy atom. The molecular weight excluding hydrogens is 451 g/mol. The molecule has 0 radical (unpaired) electrons. The summed E-state index contributed by atoms with van der Waals surface area (Å²) in [7, 11) is -1.17. The van der Waals surface area contributed by atoms with Gasteiger partial charge >= 0.3 is 12.1 Å². The van der Waals surface area contributed by atoms with Crippen molar-refractivity contribution in [3.8, 4) is 17.1 Å². The minimum Gasteiger partial charge on any atom is -0.479 e. The Morgan fingerprint density at radius 2 is 1.93 bits per heavy atom. The molecule has 0 bridgehead atoms. The lowest BCUT2D eigenvalue weighted by atomic mass is 10.2. The maximum Gasteiger partial charge on any atom is 0.459 e. The van der Waals surface area contributed by atoms with Gasteiger partial charge in [-0.1, -0.05) is 6.92 Å². The highest BCUT2D eigenvalue weighted by atomic mass is 32.2. The van der Waals surface area contributed by atoms with Crippen molar-refractivity contribution >= 4 is 28.2 Å². The van der Waals surface area contributed by atoms with E-state index in [9.17, 15) is 26.2 Å². The van der Waals surface area contributed by atoms with Crippen LogP contribution in [0.5, 0.6) is 5.75 Å². The van der Waals surface area contributed by atoms with Gasteiger partial charge in [0.2, 0.25) is 0 Å². The fourth-order valence-corrected chi connectivity index (χ4v) is 3.54. The van der Waals surface area contributed by atoms with Gasteiger partial charge in [-0.25, -0.2) is 15.0 Å². The van der Waals surface area contributed by atoms with Crippen LogP contribution in [0.2, 0.25) is 0 Å². The third-order valence-corrected chi connectivity index (χ3v) is 5.15. The summed E-state index contributed by atoms with van der Waals surface area (Å²) >= 11 is 1.41. The van der Waals surface area contributed by atoms with Crippen molar-refractivity contribution in [1.82, 2.24) is 19.4 Å². The lowest BCUT2D eigenvalue weighted by Crippen LogP contribution is -2.34. The highest BCUT2D eigenvalue weighted by Gasteiger charge is 2.60. The van der Waals surface area contributed by atoms with E-state index in [1.165, 1.54) is 34.8 Å². The molecule has 0 aliphatic rings. The number of hydrogen-bond acceptors (Lipinski definition) is 6. The highest BCUT2D eigenvalue weighted by Crippen LogP contribution is 2.43. The highest BCUT2D eigenvalue weighted by molar-refractivity contribution is 7.99. The first-order valence-corrected chi connectivity index (χ1v) is 11.1. The average molecular weight is 466 g/mol. The van der Waals surface area contributed by atoms with Gasteiger partial charge < -0.3 is 4.74 Å². The molecule has 3 heterocycles. The van der Waals surface area contributed by atoms with Crippen molar-refractivity contribution in [3.63, 3.8) is 0 Å². The van der Waals surface area contributed by atoms with Gasteiger partial charge in [0.15, 0.2) is 5.94 Å². The topological polar surface area (TPSA) is 69.4 Å². The minimum atomic E-state index is -5.77. The molecule has 3 aromatic rings. The molecule has 0 spiro atoms. The molecule has 0 aliphatic carbocycles. The Morgan fingerprint density at radius 1 is 1.20 bits per heavy atom. The first-order valence-electron chi connectivity index (χ1n) is 8.38. The lowest BCUT2D eigenvalue weighted by molar-refractivity contribution is -0.290. The smallest absolute Gasteiger partial charge is 0.459 e. The van der Waals surface area contributed by atoms with E-state index in [1.807, 2.05) is 6.92 Å². The van der Waals surface area contributed by atoms with Crippen molar-refractivity contribution in [3.05, 3.63) is 36.5 Å². The van der Waals surface area contributed by atoms with E-state index in [0.717, 1.165) is 6.33 Å². The first kappa shape index (κ1) is 22.4. The third-order valence-electron chi connectivity index (χ3n) is 3.79. The number of imidazole rings is 1. The molecule has 1 atom stereocenters. The standard InChI is InChI=1S/C17H15F5N4O2S2/c1-3-29-12-4-10(28-9-30(2)27)6-23-15(12)11-7-26-8-24-13(5-14(26)25-11)16(18,19)17(20,21)22/h4-8H,3,9H2,1-2H3. The third kappa shape index (κ3) is 4.56. The number of hydrogen-bond donors (Lipinski definition) is 0. The Balaban J connectivity index is 2.01. The molecule has 0 fully saturated rings. The van der Waals surface area contributed by atoms with E-state index in [4.69, 9.17) is 4.74 Å². The van der Waals surface area contributed by atoms with Crippen LogP contribution in [-0.2, 0) is 16.7 Å². The van der Waals surface area contributed by atoms with Crippen molar-refractivity contribution < 1.29 is 30.9 Å². The Labute approximate surface area is 174 Å².